The maximum Gasteiger partial charge on any atom is 0.335 e. The molecule has 28 heavy (non-hydrogen) atoms. The van der Waals surface area contributed by atoms with Crippen LogP contribution in [0.15, 0.2) is 46.2 Å². The van der Waals surface area contributed by atoms with Crippen LogP contribution < -0.4 is 10.1 Å². The number of carboxylic acid groups (broad SMARTS) is 1. The van der Waals surface area contributed by atoms with Crippen LogP contribution in [-0.4, -0.2) is 27.9 Å². The zero-order chi connectivity index (χ0) is 20.4. The Kier molecular flexibility index (Phi) is 5.14. The fourth-order valence-electron chi connectivity index (χ4n) is 2.45. The van der Waals surface area contributed by atoms with E-state index in [0.29, 0.717) is 16.1 Å². The maximum atomic E-state index is 12.3. The molecule has 2 N–H and O–H groups in total. The fraction of sp³-hybridized carbons (Fsp3) is 0.0556. The van der Waals surface area contributed by atoms with E-state index in [1.54, 1.807) is 0 Å². The number of hydrogen-bond donors (Lipinski definition) is 2. The van der Waals surface area contributed by atoms with Crippen LogP contribution >= 0.6 is 11.8 Å². The lowest BCUT2D eigenvalue weighted by Gasteiger charge is -2.19. The highest BCUT2D eigenvalue weighted by atomic mass is 32.2. The van der Waals surface area contributed by atoms with Crippen LogP contribution in [0.25, 0.3) is 6.08 Å². The molecule has 0 saturated carbocycles. The average molecular weight is 400 g/mol. The first kappa shape index (κ1) is 19.1. The fourth-order valence-corrected chi connectivity index (χ4v) is 3.44. The van der Waals surface area contributed by atoms with E-state index in [1.807, 2.05) is 0 Å². The van der Waals surface area contributed by atoms with E-state index in [9.17, 15) is 24.5 Å². The highest BCUT2D eigenvalue weighted by Gasteiger charge is 2.23. The summed E-state index contributed by atoms with van der Waals surface area (Å²) < 4.78 is 4.81. The second-order valence-corrected chi connectivity index (χ2v) is 6.74. The summed E-state index contributed by atoms with van der Waals surface area (Å²) in [5, 5.41) is 23.0. The summed E-state index contributed by atoms with van der Waals surface area (Å²) in [6.45, 7) is 1.13. The molecule has 2 aromatic carbocycles. The van der Waals surface area contributed by atoms with Gasteiger partial charge >= 0.3 is 17.6 Å². The molecule has 0 aromatic heterocycles. The Labute approximate surface area is 162 Å². The predicted molar refractivity (Wildman–Crippen MR) is 100 cm³/mol. The third-order valence-corrected chi connectivity index (χ3v) is 4.73. The molecule has 142 valence electrons. The van der Waals surface area contributed by atoms with E-state index < -0.39 is 28.5 Å². The Bertz CT molecular complexity index is 1060. The van der Waals surface area contributed by atoms with Crippen LogP contribution in [0.1, 0.15) is 22.8 Å². The Hall–Kier alpha value is -3.66. The Morgan fingerprint density at radius 2 is 2.00 bits per heavy atom. The van der Waals surface area contributed by atoms with Gasteiger partial charge in [-0.3, -0.25) is 19.7 Å². The number of benzene rings is 2. The van der Waals surface area contributed by atoms with Crippen LogP contribution in [0.4, 0.5) is 11.4 Å². The number of amides is 1. The van der Waals surface area contributed by atoms with Gasteiger partial charge in [0, 0.05) is 17.9 Å². The summed E-state index contributed by atoms with van der Waals surface area (Å²) in [5.41, 5.74) is 0.480. The molecule has 0 fully saturated rings. The first-order chi connectivity index (χ1) is 13.2. The molecule has 9 nitrogen and oxygen atoms in total. The standard InChI is InChI=1S/C18H12N2O7S/c1-9(21)27-14-5-2-10(6-13(14)20(25)26)7-16-17(22)19-12-4-3-11(18(23)24)8-15(12)28-16/h2-8H,1H3,(H,19,22)(H,23,24). The summed E-state index contributed by atoms with van der Waals surface area (Å²) in [4.78, 5) is 45.8. The molecular formula is C18H12N2O7S. The topological polar surface area (TPSA) is 136 Å². The molecule has 3 rings (SSSR count). The van der Waals surface area contributed by atoms with E-state index in [-0.39, 0.29) is 16.2 Å². The number of esters is 1. The number of rotatable bonds is 4. The SMILES string of the molecule is CC(=O)Oc1ccc(C=C2Sc3cc(C(=O)O)ccc3NC2=O)cc1[N+](=O)[O-]. The van der Waals surface area contributed by atoms with E-state index in [4.69, 9.17) is 9.84 Å². The van der Waals surface area contributed by atoms with Gasteiger partial charge in [-0.2, -0.15) is 0 Å². The molecule has 0 radical (unpaired) electrons. The normalized spacial score (nSPS) is 14.2. The summed E-state index contributed by atoms with van der Waals surface area (Å²) in [6, 6.07) is 8.24. The van der Waals surface area contributed by atoms with Gasteiger partial charge in [-0.15, -0.1) is 0 Å². The number of fused-ring (bicyclic) bond motifs is 1. The van der Waals surface area contributed by atoms with E-state index in [1.165, 1.54) is 42.5 Å². The molecule has 10 heteroatoms. The highest BCUT2D eigenvalue weighted by Crippen LogP contribution is 2.40. The zero-order valence-electron chi connectivity index (χ0n) is 14.3. The molecule has 1 aliphatic rings. The van der Waals surface area contributed by atoms with E-state index in [0.717, 1.165) is 18.7 Å². The van der Waals surface area contributed by atoms with Crippen molar-refractivity contribution in [1.29, 1.82) is 0 Å². The Balaban J connectivity index is 1.97. The van der Waals surface area contributed by atoms with Gasteiger partial charge in [-0.25, -0.2) is 4.79 Å². The third-order valence-electron chi connectivity index (χ3n) is 3.65. The first-order valence-corrected chi connectivity index (χ1v) is 8.61. The van der Waals surface area contributed by atoms with Gasteiger partial charge in [0.15, 0.2) is 0 Å². The highest BCUT2D eigenvalue weighted by molar-refractivity contribution is 8.04. The van der Waals surface area contributed by atoms with Gasteiger partial charge in [-0.1, -0.05) is 17.8 Å². The summed E-state index contributed by atoms with van der Waals surface area (Å²) >= 11 is 1.05. The second kappa shape index (κ2) is 7.53. The molecule has 1 amide bonds. The van der Waals surface area contributed by atoms with Crippen molar-refractivity contribution in [2.45, 2.75) is 11.8 Å². The minimum absolute atomic E-state index is 0.0723. The predicted octanol–water partition coefficient (Wildman–Crippen LogP) is 3.30. The summed E-state index contributed by atoms with van der Waals surface area (Å²) in [6.07, 6.45) is 1.43. The smallest absolute Gasteiger partial charge is 0.335 e. The van der Waals surface area contributed by atoms with Gasteiger partial charge in [-0.05, 0) is 35.9 Å². The maximum absolute atomic E-state index is 12.3. The molecule has 0 aliphatic carbocycles. The number of nitro groups is 1. The Morgan fingerprint density at radius 3 is 2.64 bits per heavy atom. The Morgan fingerprint density at radius 1 is 1.25 bits per heavy atom. The molecule has 0 saturated heterocycles. The van der Waals surface area contributed by atoms with Gasteiger partial charge in [0.25, 0.3) is 5.91 Å². The minimum Gasteiger partial charge on any atom is -0.478 e. The number of aromatic carboxylic acids is 1. The number of carbonyl (C=O) groups is 3. The van der Waals surface area contributed by atoms with Crippen molar-refractivity contribution in [2.24, 2.45) is 0 Å². The second-order valence-electron chi connectivity index (χ2n) is 5.66. The molecule has 1 heterocycles. The summed E-state index contributed by atoms with van der Waals surface area (Å²) in [7, 11) is 0. The molecule has 0 bridgehead atoms. The molecule has 0 atom stereocenters. The number of carbonyl (C=O) groups excluding carboxylic acids is 2. The first-order valence-electron chi connectivity index (χ1n) is 7.79. The zero-order valence-corrected chi connectivity index (χ0v) is 15.1. The average Bonchev–Trinajstić information content (AvgIpc) is 2.62. The number of nitrogens with zero attached hydrogens (tertiary/aromatic N) is 1. The van der Waals surface area contributed by atoms with E-state index >= 15 is 0 Å². The van der Waals surface area contributed by atoms with E-state index in [2.05, 4.69) is 5.32 Å². The molecule has 1 aliphatic heterocycles. The number of ether oxygens (including phenoxy) is 1. The van der Waals surface area contributed by atoms with Crippen LogP contribution in [0.5, 0.6) is 5.75 Å². The van der Waals surface area contributed by atoms with Gasteiger partial charge in [0.1, 0.15) is 0 Å². The van der Waals surface area contributed by atoms with Crippen molar-refractivity contribution < 1.29 is 29.2 Å². The molecule has 0 spiro atoms. The number of nitro benzene ring substituents is 1. The van der Waals surface area contributed by atoms with Crippen molar-refractivity contribution in [2.75, 3.05) is 5.32 Å². The number of carboxylic acids is 1. The summed E-state index contributed by atoms with van der Waals surface area (Å²) in [5.74, 6) is -2.41. The van der Waals surface area contributed by atoms with Crippen molar-refractivity contribution in [1.82, 2.24) is 0 Å². The lowest BCUT2D eigenvalue weighted by atomic mass is 10.1. The van der Waals surface area contributed by atoms with Crippen LogP contribution in [0.2, 0.25) is 0 Å². The number of hydrogen-bond acceptors (Lipinski definition) is 7. The van der Waals surface area contributed by atoms with Crippen molar-refractivity contribution in [3.63, 3.8) is 0 Å². The largest absolute Gasteiger partial charge is 0.478 e. The van der Waals surface area contributed by atoms with Crippen molar-refractivity contribution >= 4 is 47.1 Å². The lowest BCUT2D eigenvalue weighted by Crippen LogP contribution is -2.17. The van der Waals surface area contributed by atoms with Crippen LogP contribution in [-0.2, 0) is 9.59 Å². The van der Waals surface area contributed by atoms with Crippen molar-refractivity contribution in [3.8, 4) is 5.75 Å². The third kappa shape index (κ3) is 4.01. The number of anilines is 1. The molecule has 0 unspecified atom stereocenters. The minimum atomic E-state index is -1.09. The van der Waals surface area contributed by atoms with Gasteiger partial charge < -0.3 is 15.2 Å². The lowest BCUT2D eigenvalue weighted by molar-refractivity contribution is -0.385. The van der Waals surface area contributed by atoms with Crippen LogP contribution in [0, 0.1) is 10.1 Å². The molecular weight excluding hydrogens is 388 g/mol. The quantitative estimate of drug-likeness (QED) is 0.262. The van der Waals surface area contributed by atoms with Crippen LogP contribution in [0.3, 0.4) is 0 Å². The van der Waals surface area contributed by atoms with Gasteiger partial charge in [0.2, 0.25) is 5.75 Å². The number of thioether (sulfide) groups is 1. The van der Waals surface area contributed by atoms with Gasteiger partial charge in [0.05, 0.1) is 21.1 Å². The molecule has 2 aromatic rings. The number of nitrogens with one attached hydrogen (secondary N) is 1. The van der Waals surface area contributed by atoms with Crippen molar-refractivity contribution in [3.05, 3.63) is 62.5 Å². The monoisotopic (exact) mass is 400 g/mol.